The smallest absolute Gasteiger partial charge is 0.347 e. The molecule has 5 nitrogen and oxygen atoms in total. The van der Waals surface area contributed by atoms with E-state index in [1.165, 1.54) is 24.2 Å². The number of aromatic nitrogens is 1. The molecule has 0 aromatic carbocycles. The van der Waals surface area contributed by atoms with Crippen LogP contribution in [0.2, 0.25) is 0 Å². The topological polar surface area (TPSA) is 62.7 Å². The number of carbonyl (C=O) groups is 1. The molecule has 0 bridgehead atoms. The molecule has 0 saturated heterocycles. The van der Waals surface area contributed by atoms with Crippen LogP contribution in [0, 0.1) is 5.92 Å². The summed E-state index contributed by atoms with van der Waals surface area (Å²) in [4.78, 5) is 18.2. The average molecular weight is 284 g/mol. The van der Waals surface area contributed by atoms with Crippen LogP contribution in [0.1, 0.15) is 41.6 Å². The fourth-order valence-electron chi connectivity index (χ4n) is 2.02. The van der Waals surface area contributed by atoms with E-state index < -0.39 is 5.97 Å². The molecule has 0 spiro atoms. The van der Waals surface area contributed by atoms with Crippen molar-refractivity contribution < 1.29 is 14.6 Å². The van der Waals surface area contributed by atoms with Crippen molar-refractivity contribution in [3.63, 3.8) is 0 Å². The van der Waals surface area contributed by atoms with Gasteiger partial charge in [0, 0.05) is 20.2 Å². The number of ether oxygens (including phenoxy) is 1. The van der Waals surface area contributed by atoms with E-state index in [1.54, 1.807) is 7.11 Å². The van der Waals surface area contributed by atoms with Gasteiger partial charge in [-0.1, -0.05) is 18.3 Å². The number of anilines is 1. The fourth-order valence-corrected chi connectivity index (χ4v) is 2.97. The van der Waals surface area contributed by atoms with Gasteiger partial charge >= 0.3 is 5.97 Å². The third-order valence-corrected chi connectivity index (χ3v) is 4.25. The molecule has 0 atom stereocenters. The quantitative estimate of drug-likeness (QED) is 0.795. The van der Waals surface area contributed by atoms with Crippen molar-refractivity contribution in [2.24, 2.45) is 5.92 Å². The van der Waals surface area contributed by atoms with Crippen molar-refractivity contribution in [3.05, 3.63) is 10.6 Å². The van der Waals surface area contributed by atoms with Gasteiger partial charge in [0.15, 0.2) is 5.13 Å². The van der Waals surface area contributed by atoms with E-state index in [-0.39, 0.29) is 6.61 Å². The molecule has 1 heterocycles. The van der Waals surface area contributed by atoms with E-state index in [2.05, 4.69) is 16.8 Å². The fraction of sp³-hybridized carbons (Fsp3) is 0.692. The minimum atomic E-state index is -0.918. The summed E-state index contributed by atoms with van der Waals surface area (Å²) in [5, 5.41) is 10.0. The highest BCUT2D eigenvalue weighted by molar-refractivity contribution is 7.17. The van der Waals surface area contributed by atoms with Crippen LogP contribution in [-0.4, -0.2) is 36.3 Å². The van der Waals surface area contributed by atoms with Crippen LogP contribution in [0.3, 0.4) is 0 Å². The second-order valence-corrected chi connectivity index (χ2v) is 5.88. The van der Waals surface area contributed by atoms with Gasteiger partial charge in [0.25, 0.3) is 0 Å². The second-order valence-electron chi connectivity index (χ2n) is 4.90. The maximum Gasteiger partial charge on any atom is 0.347 e. The Labute approximate surface area is 117 Å². The highest BCUT2D eigenvalue weighted by Crippen LogP contribution is 2.34. The Bertz CT molecular complexity index is 443. The molecule has 0 unspecified atom stereocenters. The molecule has 0 amide bonds. The highest BCUT2D eigenvalue weighted by atomic mass is 32.1. The number of carboxylic acids is 1. The average Bonchev–Trinajstić information content (AvgIpc) is 3.07. The third kappa shape index (κ3) is 3.67. The Balaban J connectivity index is 2.19. The van der Waals surface area contributed by atoms with Crippen LogP contribution in [-0.2, 0) is 11.3 Å². The number of hydrogen-bond donors (Lipinski definition) is 1. The van der Waals surface area contributed by atoms with Gasteiger partial charge in [0.05, 0.1) is 12.3 Å². The molecular formula is C13H20N2O3S. The van der Waals surface area contributed by atoms with Crippen molar-refractivity contribution in [1.82, 2.24) is 4.98 Å². The number of nitrogens with zero attached hydrogens (tertiary/aromatic N) is 2. The Kier molecular flexibility index (Phi) is 4.76. The normalized spacial score (nSPS) is 14.6. The van der Waals surface area contributed by atoms with Crippen LogP contribution in [0.5, 0.6) is 0 Å². The van der Waals surface area contributed by atoms with Gasteiger partial charge in [-0.25, -0.2) is 9.78 Å². The number of thiazole rings is 1. The Morgan fingerprint density at radius 2 is 2.32 bits per heavy atom. The lowest BCUT2D eigenvalue weighted by Crippen LogP contribution is -2.26. The summed E-state index contributed by atoms with van der Waals surface area (Å²) < 4.78 is 5.03. The maximum atomic E-state index is 11.2. The Hall–Kier alpha value is -1.14. The number of methoxy groups -OCH3 is 1. The molecule has 1 aliphatic rings. The van der Waals surface area contributed by atoms with Crippen LogP contribution in [0.4, 0.5) is 5.13 Å². The standard InChI is InChI=1S/C13H20N2O3S/c1-3-6-15(7-9-4-5-9)13-14-10(8-18-2)11(19-13)12(16)17/h9H,3-8H2,1-2H3,(H,16,17). The predicted octanol–water partition coefficient (Wildman–Crippen LogP) is 2.61. The molecule has 1 fully saturated rings. The molecule has 0 aliphatic heterocycles. The zero-order valence-electron chi connectivity index (χ0n) is 11.4. The van der Waals surface area contributed by atoms with E-state index in [1.807, 2.05) is 0 Å². The minimum absolute atomic E-state index is 0.252. The summed E-state index contributed by atoms with van der Waals surface area (Å²) in [6, 6.07) is 0. The summed E-state index contributed by atoms with van der Waals surface area (Å²) in [6.07, 6.45) is 3.60. The maximum absolute atomic E-state index is 11.2. The minimum Gasteiger partial charge on any atom is -0.477 e. The van der Waals surface area contributed by atoms with Crippen LogP contribution >= 0.6 is 11.3 Å². The summed E-state index contributed by atoms with van der Waals surface area (Å²) in [6.45, 7) is 4.30. The second kappa shape index (κ2) is 6.34. The zero-order valence-corrected chi connectivity index (χ0v) is 12.2. The first-order valence-electron chi connectivity index (χ1n) is 6.62. The zero-order chi connectivity index (χ0) is 13.8. The van der Waals surface area contributed by atoms with E-state index in [0.717, 1.165) is 30.6 Å². The van der Waals surface area contributed by atoms with Gasteiger partial charge in [-0.15, -0.1) is 0 Å². The molecule has 1 N–H and O–H groups in total. The Morgan fingerprint density at radius 3 is 2.84 bits per heavy atom. The molecule has 1 aliphatic carbocycles. The summed E-state index contributed by atoms with van der Waals surface area (Å²) in [7, 11) is 1.55. The van der Waals surface area contributed by atoms with Gasteiger partial charge in [0.2, 0.25) is 0 Å². The van der Waals surface area contributed by atoms with Crippen molar-refractivity contribution in [1.29, 1.82) is 0 Å². The van der Waals surface area contributed by atoms with Crippen LogP contribution in [0.25, 0.3) is 0 Å². The highest BCUT2D eigenvalue weighted by Gasteiger charge is 2.27. The molecular weight excluding hydrogens is 264 g/mol. The van der Waals surface area contributed by atoms with E-state index in [9.17, 15) is 9.90 Å². The molecule has 106 valence electrons. The summed E-state index contributed by atoms with van der Waals surface area (Å²) in [5.74, 6) is -0.159. The van der Waals surface area contributed by atoms with Crippen molar-refractivity contribution in [2.75, 3.05) is 25.1 Å². The van der Waals surface area contributed by atoms with Gasteiger partial charge < -0.3 is 14.7 Å². The molecule has 19 heavy (non-hydrogen) atoms. The van der Waals surface area contributed by atoms with Crippen LogP contribution < -0.4 is 4.90 Å². The number of hydrogen-bond acceptors (Lipinski definition) is 5. The van der Waals surface area contributed by atoms with E-state index in [0.29, 0.717) is 10.6 Å². The van der Waals surface area contributed by atoms with Crippen molar-refractivity contribution >= 4 is 22.4 Å². The molecule has 1 aromatic rings. The molecule has 0 radical (unpaired) electrons. The Morgan fingerprint density at radius 1 is 1.58 bits per heavy atom. The first-order valence-corrected chi connectivity index (χ1v) is 7.44. The number of rotatable bonds is 8. The predicted molar refractivity (Wildman–Crippen MR) is 75.0 cm³/mol. The van der Waals surface area contributed by atoms with Crippen molar-refractivity contribution in [2.45, 2.75) is 32.8 Å². The third-order valence-electron chi connectivity index (χ3n) is 3.10. The molecule has 1 saturated carbocycles. The largest absolute Gasteiger partial charge is 0.477 e. The van der Waals surface area contributed by atoms with Gasteiger partial charge in [-0.3, -0.25) is 0 Å². The van der Waals surface area contributed by atoms with Gasteiger partial charge in [0.1, 0.15) is 4.88 Å². The van der Waals surface area contributed by atoms with Crippen molar-refractivity contribution in [3.8, 4) is 0 Å². The SMILES string of the molecule is CCCN(CC1CC1)c1nc(COC)c(C(=O)O)s1. The van der Waals surface area contributed by atoms with Gasteiger partial charge in [-0.05, 0) is 25.2 Å². The lowest BCUT2D eigenvalue weighted by Gasteiger charge is -2.20. The lowest BCUT2D eigenvalue weighted by atomic mass is 10.3. The molecule has 6 heteroatoms. The number of aromatic carboxylic acids is 1. The molecule has 2 rings (SSSR count). The number of carboxylic acid groups (broad SMARTS) is 1. The molecule has 1 aromatic heterocycles. The first kappa shape index (κ1) is 14.3. The van der Waals surface area contributed by atoms with Gasteiger partial charge in [-0.2, -0.15) is 0 Å². The summed E-state index contributed by atoms with van der Waals surface area (Å²) in [5.41, 5.74) is 0.534. The summed E-state index contributed by atoms with van der Waals surface area (Å²) >= 11 is 1.26. The van der Waals surface area contributed by atoms with E-state index >= 15 is 0 Å². The lowest BCUT2D eigenvalue weighted by molar-refractivity contribution is 0.0697. The monoisotopic (exact) mass is 284 g/mol. The van der Waals surface area contributed by atoms with Crippen LogP contribution in [0.15, 0.2) is 0 Å². The van der Waals surface area contributed by atoms with E-state index in [4.69, 9.17) is 4.74 Å². The first-order chi connectivity index (χ1) is 9.15.